The third kappa shape index (κ3) is 1.06. The molecule has 0 amide bonds. The van der Waals surface area contributed by atoms with E-state index in [-0.39, 0.29) is 0 Å². The Morgan fingerprint density at radius 1 is 1.29 bits per heavy atom. The average Bonchev–Trinajstić information content (AvgIpc) is 2.85. The lowest BCUT2D eigenvalue weighted by Crippen LogP contribution is -1.72. The number of rotatable bonds is 1. The van der Waals surface area contributed by atoms with Crippen molar-refractivity contribution in [2.75, 3.05) is 0 Å². The normalized spacial score (nSPS) is 10.9. The smallest absolute Gasteiger partial charge is 0.152 e. The molecule has 2 aromatic heterocycles. The molecule has 3 heteroatoms. The summed E-state index contributed by atoms with van der Waals surface area (Å²) in [6, 6.07) is 8.22. The molecule has 0 spiro atoms. The SMILES string of the molecule is [c]1nc(-c2c[nH]c3ccccc23)cs1. The van der Waals surface area contributed by atoms with Crippen molar-refractivity contribution in [2.45, 2.75) is 0 Å². The van der Waals surface area contributed by atoms with Crippen LogP contribution in [0, 0.1) is 5.51 Å². The number of nitrogens with one attached hydrogen (secondary N) is 1. The van der Waals surface area contributed by atoms with Crippen molar-refractivity contribution in [3.63, 3.8) is 0 Å². The molecule has 3 rings (SSSR count). The van der Waals surface area contributed by atoms with Crippen LogP contribution in [-0.4, -0.2) is 9.97 Å². The zero-order valence-electron chi connectivity index (χ0n) is 7.32. The van der Waals surface area contributed by atoms with Gasteiger partial charge in [0.05, 0.1) is 5.69 Å². The largest absolute Gasteiger partial charge is 0.360 e. The van der Waals surface area contributed by atoms with Gasteiger partial charge in [0, 0.05) is 28.0 Å². The van der Waals surface area contributed by atoms with Crippen molar-refractivity contribution in [3.8, 4) is 11.3 Å². The Morgan fingerprint density at radius 3 is 3.07 bits per heavy atom. The van der Waals surface area contributed by atoms with Gasteiger partial charge in [-0.05, 0) is 6.07 Å². The second-order valence-electron chi connectivity index (χ2n) is 3.07. The van der Waals surface area contributed by atoms with Gasteiger partial charge in [0.2, 0.25) is 0 Å². The summed E-state index contributed by atoms with van der Waals surface area (Å²) in [5.41, 5.74) is 6.15. The highest BCUT2D eigenvalue weighted by Gasteiger charge is 2.06. The predicted molar refractivity (Wildman–Crippen MR) is 58.2 cm³/mol. The highest BCUT2D eigenvalue weighted by molar-refractivity contribution is 7.07. The highest BCUT2D eigenvalue weighted by Crippen LogP contribution is 2.27. The van der Waals surface area contributed by atoms with Gasteiger partial charge in [-0.2, -0.15) is 0 Å². The lowest BCUT2D eigenvalue weighted by molar-refractivity contribution is 1.40. The molecule has 0 unspecified atom stereocenters. The molecular formula is C11H7N2S. The average molecular weight is 199 g/mol. The first-order chi connectivity index (χ1) is 6.95. The van der Waals surface area contributed by atoms with Gasteiger partial charge < -0.3 is 4.98 Å². The molecule has 0 aliphatic heterocycles. The molecule has 0 atom stereocenters. The van der Waals surface area contributed by atoms with Crippen LogP contribution in [0.15, 0.2) is 35.8 Å². The molecule has 0 fully saturated rings. The molecule has 1 aromatic carbocycles. The van der Waals surface area contributed by atoms with E-state index in [9.17, 15) is 0 Å². The van der Waals surface area contributed by atoms with Crippen LogP contribution in [-0.2, 0) is 0 Å². The van der Waals surface area contributed by atoms with E-state index in [2.05, 4.69) is 27.6 Å². The first-order valence-electron chi connectivity index (χ1n) is 4.33. The monoisotopic (exact) mass is 199 g/mol. The van der Waals surface area contributed by atoms with Crippen LogP contribution in [0.3, 0.4) is 0 Å². The minimum Gasteiger partial charge on any atom is -0.360 e. The first kappa shape index (κ1) is 7.76. The fourth-order valence-electron chi connectivity index (χ4n) is 1.59. The number of H-pyrrole nitrogens is 1. The second kappa shape index (κ2) is 2.96. The minimum absolute atomic E-state index is 0.993. The van der Waals surface area contributed by atoms with Crippen LogP contribution >= 0.6 is 11.3 Å². The topological polar surface area (TPSA) is 28.7 Å². The number of thiazole rings is 1. The van der Waals surface area contributed by atoms with E-state index in [4.69, 9.17) is 0 Å². The van der Waals surface area contributed by atoms with E-state index in [1.54, 1.807) is 0 Å². The van der Waals surface area contributed by atoms with Crippen LogP contribution in [0.2, 0.25) is 0 Å². The van der Waals surface area contributed by atoms with Gasteiger partial charge in [0.25, 0.3) is 0 Å². The van der Waals surface area contributed by atoms with Crippen molar-refractivity contribution < 1.29 is 0 Å². The van der Waals surface area contributed by atoms with Gasteiger partial charge >= 0.3 is 0 Å². The Balaban J connectivity index is 2.33. The standard InChI is InChI=1S/C11H7N2S/c1-2-4-10-8(3-1)9(5-12-10)11-6-14-7-13-11/h1-6,12H. The Kier molecular flexibility index (Phi) is 1.64. The summed E-state index contributed by atoms with van der Waals surface area (Å²) >= 11 is 1.50. The van der Waals surface area contributed by atoms with Crippen LogP contribution in [0.25, 0.3) is 22.2 Å². The number of benzene rings is 1. The Hall–Kier alpha value is -1.61. The molecule has 3 aromatic rings. The molecular weight excluding hydrogens is 192 g/mol. The zero-order chi connectivity index (χ0) is 9.38. The third-order valence-electron chi connectivity index (χ3n) is 2.25. The maximum atomic E-state index is 4.18. The Morgan fingerprint density at radius 2 is 2.21 bits per heavy atom. The number of aromatic nitrogens is 2. The van der Waals surface area contributed by atoms with Crippen molar-refractivity contribution in [3.05, 3.63) is 41.4 Å². The summed E-state index contributed by atoms with van der Waals surface area (Å²) in [6.07, 6.45) is 1.99. The predicted octanol–water partition coefficient (Wildman–Crippen LogP) is 3.09. The second-order valence-corrected chi connectivity index (χ2v) is 3.73. The van der Waals surface area contributed by atoms with Crippen LogP contribution < -0.4 is 0 Å². The van der Waals surface area contributed by atoms with E-state index in [0.717, 1.165) is 16.8 Å². The fraction of sp³-hybridized carbons (Fsp3) is 0. The minimum atomic E-state index is 0.993. The summed E-state index contributed by atoms with van der Waals surface area (Å²) in [6.45, 7) is 0. The lowest BCUT2D eigenvalue weighted by Gasteiger charge is -1.92. The molecule has 2 heterocycles. The van der Waals surface area contributed by atoms with Gasteiger partial charge in [-0.3, -0.25) is 0 Å². The molecule has 0 aliphatic rings. The molecule has 1 radical (unpaired) electrons. The Bertz CT molecular complexity index is 551. The van der Waals surface area contributed by atoms with Crippen molar-refractivity contribution in [1.29, 1.82) is 0 Å². The van der Waals surface area contributed by atoms with Crippen LogP contribution in [0.1, 0.15) is 0 Å². The van der Waals surface area contributed by atoms with Crippen molar-refractivity contribution in [2.24, 2.45) is 0 Å². The molecule has 0 aliphatic carbocycles. The maximum absolute atomic E-state index is 4.18. The summed E-state index contributed by atoms with van der Waals surface area (Å²) in [7, 11) is 0. The molecule has 67 valence electrons. The highest BCUT2D eigenvalue weighted by atomic mass is 32.1. The molecule has 0 saturated carbocycles. The Labute approximate surface area is 85.2 Å². The number of hydrogen-bond donors (Lipinski definition) is 1. The van der Waals surface area contributed by atoms with E-state index < -0.39 is 0 Å². The molecule has 2 nitrogen and oxygen atoms in total. The van der Waals surface area contributed by atoms with E-state index >= 15 is 0 Å². The molecule has 1 N–H and O–H groups in total. The van der Waals surface area contributed by atoms with E-state index in [1.165, 1.54) is 16.7 Å². The van der Waals surface area contributed by atoms with Gasteiger partial charge in [-0.25, -0.2) is 4.98 Å². The summed E-state index contributed by atoms with van der Waals surface area (Å²) in [4.78, 5) is 7.41. The number of hydrogen-bond acceptors (Lipinski definition) is 2. The fourth-order valence-corrected chi connectivity index (χ4v) is 2.09. The number of aromatic amines is 1. The number of para-hydroxylation sites is 1. The molecule has 0 saturated heterocycles. The first-order valence-corrected chi connectivity index (χ1v) is 5.21. The maximum Gasteiger partial charge on any atom is 0.152 e. The molecule has 14 heavy (non-hydrogen) atoms. The summed E-state index contributed by atoms with van der Waals surface area (Å²) < 4.78 is 0. The quantitative estimate of drug-likeness (QED) is 0.641. The number of fused-ring (bicyclic) bond motifs is 1. The van der Waals surface area contributed by atoms with E-state index in [1.807, 2.05) is 23.7 Å². The van der Waals surface area contributed by atoms with Gasteiger partial charge in [-0.1, -0.05) is 18.2 Å². The summed E-state index contributed by atoms with van der Waals surface area (Å²) in [5, 5.41) is 3.22. The van der Waals surface area contributed by atoms with Gasteiger partial charge in [0.1, 0.15) is 0 Å². The molecule has 0 bridgehead atoms. The van der Waals surface area contributed by atoms with Gasteiger partial charge in [0.15, 0.2) is 5.51 Å². The van der Waals surface area contributed by atoms with Crippen LogP contribution in [0.5, 0.6) is 0 Å². The number of nitrogens with zero attached hydrogens (tertiary/aromatic N) is 1. The van der Waals surface area contributed by atoms with Crippen molar-refractivity contribution >= 4 is 22.2 Å². The van der Waals surface area contributed by atoms with Gasteiger partial charge in [-0.15, -0.1) is 11.3 Å². The van der Waals surface area contributed by atoms with Crippen molar-refractivity contribution in [1.82, 2.24) is 9.97 Å². The lowest BCUT2D eigenvalue weighted by atomic mass is 10.1. The summed E-state index contributed by atoms with van der Waals surface area (Å²) in [5.74, 6) is 0. The zero-order valence-corrected chi connectivity index (χ0v) is 8.14. The van der Waals surface area contributed by atoms with Crippen LogP contribution in [0.4, 0.5) is 0 Å². The third-order valence-corrected chi connectivity index (χ3v) is 2.79. The van der Waals surface area contributed by atoms with E-state index in [0.29, 0.717) is 0 Å².